The third kappa shape index (κ3) is 3.01. The maximum absolute atomic E-state index is 12.6. The van der Waals surface area contributed by atoms with Crippen molar-refractivity contribution < 1.29 is 25.6 Å². The lowest BCUT2D eigenvalue weighted by molar-refractivity contribution is -0.597. The Balaban J connectivity index is 0.00000156. The molecule has 2 nitrogen and oxygen atoms in total. The lowest BCUT2D eigenvalue weighted by Gasteiger charge is -2.00. The molecule has 0 saturated heterocycles. The highest BCUT2D eigenvalue weighted by Crippen LogP contribution is 2.17. The Labute approximate surface area is 145 Å². The van der Waals surface area contributed by atoms with Crippen molar-refractivity contribution in [2.75, 3.05) is 0 Å². The van der Waals surface area contributed by atoms with E-state index in [1.54, 1.807) is 0 Å². The summed E-state index contributed by atoms with van der Waals surface area (Å²) >= 11 is -0.284. The number of halogens is 1. The van der Waals surface area contributed by atoms with E-state index < -0.39 is 0 Å². The Morgan fingerprint density at radius 3 is 2.22 bits per heavy atom. The van der Waals surface area contributed by atoms with Gasteiger partial charge in [0.25, 0.3) is 0 Å². The number of benzene rings is 3. The highest BCUT2D eigenvalue weighted by atomic mass is 127. The highest BCUT2D eigenvalue weighted by Gasteiger charge is 2.17. The molecular weight excluding hydrogens is 399 g/mol. The molecule has 0 aliphatic rings. The zero-order valence-electron chi connectivity index (χ0n) is 12.6. The molecule has 3 heteroatoms. The van der Waals surface area contributed by atoms with E-state index in [9.17, 15) is 4.79 Å². The summed E-state index contributed by atoms with van der Waals surface area (Å²) in [5, 5.41) is 1.32. The van der Waals surface area contributed by atoms with Crippen molar-refractivity contribution in [3.8, 4) is 0 Å². The monoisotopic (exact) mass is 414 g/mol. The van der Waals surface area contributed by atoms with E-state index in [-0.39, 0.29) is 34.1 Å². The molecule has 0 spiro atoms. The molecular formula is C20H15IO2. The molecule has 4 aromatic rings. The van der Waals surface area contributed by atoms with E-state index in [4.69, 9.17) is 4.42 Å². The van der Waals surface area contributed by atoms with Gasteiger partial charge in [0.1, 0.15) is 11.2 Å². The maximum atomic E-state index is 12.6. The van der Waals surface area contributed by atoms with Crippen LogP contribution in [0.5, 0.6) is 0 Å². The van der Waals surface area contributed by atoms with Gasteiger partial charge in [-0.3, -0.25) is 4.79 Å². The third-order valence-corrected chi connectivity index (χ3v) is 6.12. The van der Waals surface area contributed by atoms with Gasteiger partial charge in [-0.05, 0) is 36.4 Å². The van der Waals surface area contributed by atoms with Gasteiger partial charge in [0.05, 0.1) is 10.8 Å². The van der Waals surface area contributed by atoms with Gasteiger partial charge in [-0.2, -0.15) is 0 Å². The molecule has 0 aliphatic heterocycles. The predicted molar refractivity (Wildman–Crippen MR) is 90.2 cm³/mol. The summed E-state index contributed by atoms with van der Waals surface area (Å²) in [5.41, 5.74) is 1.35. The molecule has 0 amide bonds. The van der Waals surface area contributed by atoms with Crippen molar-refractivity contribution >= 4 is 21.9 Å². The van der Waals surface area contributed by atoms with Gasteiger partial charge in [-0.1, -0.05) is 30.3 Å². The summed E-state index contributed by atoms with van der Waals surface area (Å²) < 4.78 is 8.41. The molecule has 0 saturated carbocycles. The van der Waals surface area contributed by atoms with Gasteiger partial charge in [-0.25, -0.2) is 0 Å². The van der Waals surface area contributed by atoms with Crippen LogP contribution in [0.2, 0.25) is 0 Å². The fraction of sp³-hybridized carbons (Fsp3) is 0. The molecule has 1 heterocycles. The molecule has 0 N–H and O–H groups in total. The molecule has 0 aliphatic carbocycles. The standard InChI is InChI=1S/C19H12IO2.CH3/c21-19-15-8-4-5-9-17(15)22-18-11-10-14(12-16(18)19)20-13-6-2-1-3-7-13;/h1-12H;1H3/q+1;-1. The van der Waals surface area contributed by atoms with E-state index >= 15 is 0 Å². The van der Waals surface area contributed by atoms with Gasteiger partial charge in [0.2, 0.25) is 5.43 Å². The van der Waals surface area contributed by atoms with Crippen molar-refractivity contribution in [3.05, 3.63) is 97.6 Å². The van der Waals surface area contributed by atoms with Crippen LogP contribution in [-0.4, -0.2) is 0 Å². The van der Waals surface area contributed by atoms with Crippen LogP contribution in [0.15, 0.2) is 82.0 Å². The molecule has 0 unspecified atom stereocenters. The molecule has 0 bridgehead atoms. The molecule has 1 aromatic heterocycles. The summed E-state index contributed by atoms with van der Waals surface area (Å²) in [5.74, 6) is 0. The zero-order valence-corrected chi connectivity index (χ0v) is 14.8. The van der Waals surface area contributed by atoms with E-state index in [2.05, 4.69) is 30.3 Å². The van der Waals surface area contributed by atoms with Gasteiger partial charge in [0.15, 0.2) is 7.14 Å². The Bertz CT molecular complexity index is 1020. The van der Waals surface area contributed by atoms with Crippen LogP contribution in [0.4, 0.5) is 0 Å². The second-order valence-electron chi connectivity index (χ2n) is 4.96. The van der Waals surface area contributed by atoms with Crippen molar-refractivity contribution in [1.29, 1.82) is 0 Å². The van der Waals surface area contributed by atoms with E-state index in [0.717, 1.165) is 0 Å². The average molecular weight is 414 g/mol. The first-order chi connectivity index (χ1) is 10.8. The van der Waals surface area contributed by atoms with Crippen LogP contribution in [-0.2, 0) is 0 Å². The number of rotatable bonds is 2. The fourth-order valence-corrected chi connectivity index (χ4v) is 4.76. The Morgan fingerprint density at radius 1 is 0.696 bits per heavy atom. The third-order valence-electron chi connectivity index (χ3n) is 3.49. The minimum absolute atomic E-state index is 0. The summed E-state index contributed by atoms with van der Waals surface area (Å²) in [6.45, 7) is 0. The van der Waals surface area contributed by atoms with Crippen molar-refractivity contribution in [1.82, 2.24) is 0 Å². The van der Waals surface area contributed by atoms with Gasteiger partial charge < -0.3 is 11.8 Å². The first-order valence-electron chi connectivity index (χ1n) is 6.97. The van der Waals surface area contributed by atoms with E-state index in [0.29, 0.717) is 21.9 Å². The largest absolute Gasteiger partial charge is 0.456 e. The number of hydrogen-bond acceptors (Lipinski definition) is 2. The molecule has 114 valence electrons. The smallest absolute Gasteiger partial charge is 0.357 e. The number of para-hydroxylation sites is 1. The predicted octanol–water partition coefficient (Wildman–Crippen LogP) is 1.52. The van der Waals surface area contributed by atoms with Gasteiger partial charge >= 0.3 is 21.2 Å². The fourth-order valence-electron chi connectivity index (χ4n) is 2.44. The molecule has 23 heavy (non-hydrogen) atoms. The highest BCUT2D eigenvalue weighted by molar-refractivity contribution is 5.89. The summed E-state index contributed by atoms with van der Waals surface area (Å²) in [6.07, 6.45) is 0. The summed E-state index contributed by atoms with van der Waals surface area (Å²) in [7, 11) is 0. The van der Waals surface area contributed by atoms with Gasteiger partial charge in [0, 0.05) is 6.07 Å². The molecule has 0 fully saturated rings. The van der Waals surface area contributed by atoms with Crippen LogP contribution in [0.3, 0.4) is 0 Å². The average Bonchev–Trinajstić information content (AvgIpc) is 2.57. The second kappa shape index (κ2) is 6.54. The Kier molecular flexibility index (Phi) is 4.48. The Hall–Kier alpha value is -2.14. The molecule has 0 atom stereocenters. The lowest BCUT2D eigenvalue weighted by atomic mass is 10.1. The second-order valence-corrected chi connectivity index (χ2v) is 7.99. The van der Waals surface area contributed by atoms with Crippen molar-refractivity contribution in [2.45, 2.75) is 0 Å². The van der Waals surface area contributed by atoms with Crippen molar-refractivity contribution in [2.24, 2.45) is 0 Å². The number of hydrogen-bond donors (Lipinski definition) is 0. The van der Waals surface area contributed by atoms with Crippen LogP contribution >= 0.6 is 0 Å². The van der Waals surface area contributed by atoms with Crippen LogP contribution < -0.4 is 26.6 Å². The van der Waals surface area contributed by atoms with Gasteiger partial charge in [-0.15, -0.1) is 0 Å². The first kappa shape index (κ1) is 15.7. The maximum Gasteiger partial charge on any atom is 0.357 e. The van der Waals surface area contributed by atoms with Crippen LogP contribution in [0.25, 0.3) is 21.9 Å². The number of fused-ring (bicyclic) bond motifs is 2. The summed E-state index contributed by atoms with van der Waals surface area (Å²) in [4.78, 5) is 12.6. The summed E-state index contributed by atoms with van der Waals surface area (Å²) in [6, 6.07) is 23.8. The zero-order chi connectivity index (χ0) is 14.9. The SMILES string of the molecule is O=c1c2ccccc2oc2ccc([I+]c3ccccc3)cc12.[CH3-]. The molecule has 0 radical (unpaired) electrons. The minimum atomic E-state index is -0.284. The first-order valence-corrected chi connectivity index (χ1v) is 9.12. The quantitative estimate of drug-likeness (QED) is 0.283. The molecule has 4 rings (SSSR count). The molecule has 3 aromatic carbocycles. The lowest BCUT2D eigenvalue weighted by Crippen LogP contribution is -3.61. The van der Waals surface area contributed by atoms with Crippen LogP contribution in [0, 0.1) is 14.6 Å². The Morgan fingerprint density at radius 2 is 1.39 bits per heavy atom. The van der Waals surface area contributed by atoms with E-state index in [1.165, 1.54) is 7.14 Å². The minimum Gasteiger partial charge on any atom is -0.456 e. The van der Waals surface area contributed by atoms with E-state index in [1.807, 2.05) is 42.5 Å². The normalized spacial score (nSPS) is 10.6. The van der Waals surface area contributed by atoms with Crippen LogP contribution in [0.1, 0.15) is 0 Å². The van der Waals surface area contributed by atoms with Crippen molar-refractivity contribution in [3.63, 3.8) is 0 Å². The topological polar surface area (TPSA) is 30.2 Å².